The number of likely N-dealkylation sites (tertiary alicyclic amines) is 1. The van der Waals surface area contributed by atoms with E-state index in [2.05, 4.69) is 24.1 Å². The van der Waals surface area contributed by atoms with E-state index in [-0.39, 0.29) is 5.91 Å². The van der Waals surface area contributed by atoms with Gasteiger partial charge in [-0.2, -0.15) is 0 Å². The van der Waals surface area contributed by atoms with Gasteiger partial charge in [-0.05, 0) is 57.8 Å². The third kappa shape index (κ3) is 4.21. The molecule has 0 radical (unpaired) electrons. The Labute approximate surface area is 127 Å². The van der Waals surface area contributed by atoms with E-state index in [1.807, 2.05) is 18.2 Å². The van der Waals surface area contributed by atoms with Crippen LogP contribution in [-0.2, 0) is 0 Å². The second kappa shape index (κ2) is 7.46. The minimum absolute atomic E-state index is 0.0428. The molecule has 2 rings (SSSR count). The predicted molar refractivity (Wildman–Crippen MR) is 84.8 cm³/mol. The Balaban J connectivity index is 1.82. The number of nitrogens with zero attached hydrogens (tertiary/aromatic N) is 1. The standard InChI is InChI=1S/C17H26N2O2/c1-13(2)19-10-8-14(9-11-19)12-18-17(20)15-6-4-5-7-16(15)21-3/h4-7,13-14H,8-12H2,1-3H3,(H,18,20). The van der Waals surface area contributed by atoms with Crippen LogP contribution in [0.3, 0.4) is 0 Å². The van der Waals surface area contributed by atoms with Crippen molar-refractivity contribution in [3.63, 3.8) is 0 Å². The zero-order valence-corrected chi connectivity index (χ0v) is 13.3. The largest absolute Gasteiger partial charge is 0.496 e. The van der Waals surface area contributed by atoms with Crippen LogP contribution >= 0.6 is 0 Å². The lowest BCUT2D eigenvalue weighted by molar-refractivity contribution is 0.0926. The lowest BCUT2D eigenvalue weighted by Gasteiger charge is -2.34. The van der Waals surface area contributed by atoms with Crippen LogP contribution in [0, 0.1) is 5.92 Å². The summed E-state index contributed by atoms with van der Waals surface area (Å²) in [6, 6.07) is 7.97. The van der Waals surface area contributed by atoms with Crippen LogP contribution in [0.15, 0.2) is 24.3 Å². The van der Waals surface area contributed by atoms with Gasteiger partial charge in [-0.3, -0.25) is 4.79 Å². The molecule has 0 bridgehead atoms. The predicted octanol–water partition coefficient (Wildman–Crippen LogP) is 2.55. The van der Waals surface area contributed by atoms with Crippen LogP contribution in [-0.4, -0.2) is 43.6 Å². The summed E-state index contributed by atoms with van der Waals surface area (Å²) in [6.45, 7) is 7.50. The average molecular weight is 290 g/mol. The monoisotopic (exact) mass is 290 g/mol. The van der Waals surface area contributed by atoms with E-state index in [0.717, 1.165) is 32.5 Å². The molecule has 0 unspecified atom stereocenters. The van der Waals surface area contributed by atoms with E-state index in [1.54, 1.807) is 13.2 Å². The lowest BCUT2D eigenvalue weighted by atomic mass is 9.96. The first-order chi connectivity index (χ1) is 10.1. The second-order valence-electron chi connectivity index (χ2n) is 5.98. The van der Waals surface area contributed by atoms with Crippen LogP contribution in [0.1, 0.15) is 37.0 Å². The fourth-order valence-corrected chi connectivity index (χ4v) is 2.84. The highest BCUT2D eigenvalue weighted by molar-refractivity contribution is 5.96. The Morgan fingerprint density at radius 3 is 2.62 bits per heavy atom. The Morgan fingerprint density at radius 2 is 2.00 bits per heavy atom. The Hall–Kier alpha value is -1.55. The fourth-order valence-electron chi connectivity index (χ4n) is 2.84. The summed E-state index contributed by atoms with van der Waals surface area (Å²) in [6.07, 6.45) is 2.31. The number of ether oxygens (including phenoxy) is 1. The van der Waals surface area contributed by atoms with E-state index < -0.39 is 0 Å². The van der Waals surface area contributed by atoms with Gasteiger partial charge in [-0.15, -0.1) is 0 Å². The van der Waals surface area contributed by atoms with Crippen molar-refractivity contribution in [1.29, 1.82) is 0 Å². The van der Waals surface area contributed by atoms with Crippen LogP contribution in [0.2, 0.25) is 0 Å². The highest BCUT2D eigenvalue weighted by Gasteiger charge is 2.21. The quantitative estimate of drug-likeness (QED) is 0.906. The number of hydrogen-bond donors (Lipinski definition) is 1. The maximum atomic E-state index is 12.2. The van der Waals surface area contributed by atoms with Crippen LogP contribution in [0.25, 0.3) is 0 Å². The topological polar surface area (TPSA) is 41.6 Å². The summed E-state index contributed by atoms with van der Waals surface area (Å²) < 4.78 is 5.23. The average Bonchev–Trinajstić information content (AvgIpc) is 2.52. The van der Waals surface area contributed by atoms with Crippen molar-refractivity contribution in [3.05, 3.63) is 29.8 Å². The molecule has 1 N–H and O–H groups in total. The van der Waals surface area contributed by atoms with Crippen molar-refractivity contribution in [2.45, 2.75) is 32.7 Å². The molecular formula is C17H26N2O2. The third-order valence-corrected chi connectivity index (χ3v) is 4.28. The highest BCUT2D eigenvalue weighted by atomic mass is 16.5. The molecule has 0 atom stereocenters. The second-order valence-corrected chi connectivity index (χ2v) is 5.98. The number of amides is 1. The van der Waals surface area contributed by atoms with Crippen LogP contribution < -0.4 is 10.1 Å². The van der Waals surface area contributed by atoms with Crippen molar-refractivity contribution in [1.82, 2.24) is 10.2 Å². The van der Waals surface area contributed by atoms with Gasteiger partial charge in [0.25, 0.3) is 5.91 Å². The van der Waals surface area contributed by atoms with Gasteiger partial charge in [0.05, 0.1) is 12.7 Å². The van der Waals surface area contributed by atoms with Crippen molar-refractivity contribution in [2.24, 2.45) is 5.92 Å². The fraction of sp³-hybridized carbons (Fsp3) is 0.588. The van der Waals surface area contributed by atoms with Crippen molar-refractivity contribution < 1.29 is 9.53 Å². The molecule has 4 heteroatoms. The number of nitrogens with one attached hydrogen (secondary N) is 1. The zero-order chi connectivity index (χ0) is 15.2. The molecule has 1 fully saturated rings. The smallest absolute Gasteiger partial charge is 0.255 e. The highest BCUT2D eigenvalue weighted by Crippen LogP contribution is 2.20. The molecule has 4 nitrogen and oxygen atoms in total. The van der Waals surface area contributed by atoms with E-state index in [4.69, 9.17) is 4.74 Å². The minimum atomic E-state index is -0.0428. The number of rotatable bonds is 5. The van der Waals surface area contributed by atoms with Crippen molar-refractivity contribution in [2.75, 3.05) is 26.7 Å². The summed E-state index contributed by atoms with van der Waals surface area (Å²) in [5, 5.41) is 3.05. The number of para-hydroxylation sites is 1. The molecule has 1 aromatic rings. The maximum Gasteiger partial charge on any atom is 0.255 e. The summed E-state index contributed by atoms with van der Waals surface area (Å²) in [7, 11) is 1.59. The van der Waals surface area contributed by atoms with Gasteiger partial charge in [0.15, 0.2) is 0 Å². The lowest BCUT2D eigenvalue weighted by Crippen LogP contribution is -2.41. The molecule has 1 aliphatic rings. The number of benzene rings is 1. The van der Waals surface area contributed by atoms with Crippen molar-refractivity contribution in [3.8, 4) is 5.75 Å². The molecule has 0 spiro atoms. The number of methoxy groups -OCH3 is 1. The summed E-state index contributed by atoms with van der Waals surface area (Å²) in [5.41, 5.74) is 0.611. The number of carbonyl (C=O) groups excluding carboxylic acids is 1. The van der Waals surface area contributed by atoms with E-state index in [1.165, 1.54) is 0 Å². The first kappa shape index (κ1) is 15.8. The molecule has 0 aliphatic carbocycles. The Kier molecular flexibility index (Phi) is 5.62. The number of hydrogen-bond acceptors (Lipinski definition) is 3. The van der Waals surface area contributed by atoms with Gasteiger partial charge in [0, 0.05) is 12.6 Å². The summed E-state index contributed by atoms with van der Waals surface area (Å²) in [4.78, 5) is 14.7. The zero-order valence-electron chi connectivity index (χ0n) is 13.3. The molecule has 1 heterocycles. The molecule has 1 aromatic carbocycles. The van der Waals surface area contributed by atoms with E-state index in [9.17, 15) is 4.79 Å². The van der Waals surface area contributed by atoms with Gasteiger partial charge in [0.2, 0.25) is 0 Å². The van der Waals surface area contributed by atoms with Gasteiger partial charge in [-0.1, -0.05) is 12.1 Å². The van der Waals surface area contributed by atoms with Crippen molar-refractivity contribution >= 4 is 5.91 Å². The molecule has 1 aliphatic heterocycles. The van der Waals surface area contributed by atoms with Gasteiger partial charge >= 0.3 is 0 Å². The molecule has 1 amide bonds. The van der Waals surface area contributed by atoms with Crippen LogP contribution in [0.4, 0.5) is 0 Å². The van der Waals surface area contributed by atoms with Crippen LogP contribution in [0.5, 0.6) is 5.75 Å². The Morgan fingerprint density at radius 1 is 1.33 bits per heavy atom. The number of carbonyl (C=O) groups is 1. The third-order valence-electron chi connectivity index (χ3n) is 4.28. The molecule has 21 heavy (non-hydrogen) atoms. The van der Waals surface area contributed by atoms with Gasteiger partial charge in [0.1, 0.15) is 5.75 Å². The summed E-state index contributed by atoms with van der Waals surface area (Å²) in [5.74, 6) is 1.17. The molecule has 0 saturated carbocycles. The minimum Gasteiger partial charge on any atom is -0.496 e. The molecule has 0 aromatic heterocycles. The van der Waals surface area contributed by atoms with E-state index in [0.29, 0.717) is 23.3 Å². The molecular weight excluding hydrogens is 264 g/mol. The van der Waals surface area contributed by atoms with Gasteiger partial charge in [-0.25, -0.2) is 0 Å². The first-order valence-corrected chi connectivity index (χ1v) is 7.77. The number of piperidine rings is 1. The van der Waals surface area contributed by atoms with E-state index >= 15 is 0 Å². The summed E-state index contributed by atoms with van der Waals surface area (Å²) >= 11 is 0. The normalized spacial score (nSPS) is 17.0. The molecule has 1 saturated heterocycles. The SMILES string of the molecule is COc1ccccc1C(=O)NCC1CCN(C(C)C)CC1. The molecule has 116 valence electrons. The Bertz CT molecular complexity index is 466. The first-order valence-electron chi connectivity index (χ1n) is 7.77. The van der Waals surface area contributed by atoms with Gasteiger partial charge < -0.3 is 15.0 Å². The maximum absolute atomic E-state index is 12.2.